The number of hydrogen-bond acceptors (Lipinski definition) is 12. The molecular weight excluding hydrogens is 484 g/mol. The van der Waals surface area contributed by atoms with Gasteiger partial charge in [-0.05, 0) is 25.5 Å². The van der Waals surface area contributed by atoms with Gasteiger partial charge >= 0.3 is 10.4 Å². The van der Waals surface area contributed by atoms with Crippen LogP contribution in [0.15, 0.2) is 33.7 Å². The van der Waals surface area contributed by atoms with Crippen LogP contribution in [0.3, 0.4) is 0 Å². The fourth-order valence-corrected chi connectivity index (χ4v) is 3.80. The molecule has 3 rings (SSSR count). The number of rotatable bonds is 8. The molecule has 0 aromatic carbocycles. The highest BCUT2D eigenvalue weighted by Crippen LogP contribution is 2.32. The van der Waals surface area contributed by atoms with Gasteiger partial charge in [0, 0.05) is 17.6 Å². The number of oxime groups is 1. The largest absolute Gasteiger partial charge is 0.425 e. The van der Waals surface area contributed by atoms with E-state index < -0.39 is 39.4 Å². The van der Waals surface area contributed by atoms with Crippen molar-refractivity contribution >= 4 is 44.4 Å². The van der Waals surface area contributed by atoms with Gasteiger partial charge in [-0.2, -0.15) is 18.2 Å². The van der Waals surface area contributed by atoms with E-state index in [0.717, 1.165) is 23.6 Å². The minimum absolute atomic E-state index is 0.0383. The number of anilines is 1. The summed E-state index contributed by atoms with van der Waals surface area (Å²) in [6, 6.07) is 1.25. The first-order valence-corrected chi connectivity index (χ1v) is 11.2. The van der Waals surface area contributed by atoms with Crippen LogP contribution >= 0.6 is 11.3 Å². The Morgan fingerprint density at radius 2 is 2.12 bits per heavy atom. The first kappa shape index (κ1) is 24.1. The van der Waals surface area contributed by atoms with E-state index in [1.54, 1.807) is 0 Å². The first-order chi connectivity index (χ1) is 15.3. The normalized spacial score (nSPS) is 18.0. The minimum atomic E-state index is -4.95. The highest BCUT2D eigenvalue weighted by molar-refractivity contribution is 7.80. The molecule has 33 heavy (non-hydrogen) atoms. The van der Waals surface area contributed by atoms with E-state index in [0.29, 0.717) is 15.4 Å². The number of aromatic nitrogens is 2. The molecule has 2 aromatic heterocycles. The van der Waals surface area contributed by atoms with E-state index in [4.69, 9.17) is 15.1 Å². The molecule has 0 bridgehead atoms. The summed E-state index contributed by atoms with van der Waals surface area (Å²) >= 11 is 1.02. The molecule has 17 heteroatoms. The predicted octanol–water partition coefficient (Wildman–Crippen LogP) is -1.11. The summed E-state index contributed by atoms with van der Waals surface area (Å²) in [5.41, 5.74) is 3.60. The number of carbonyl (C=O) groups excluding carboxylic acids is 2. The summed E-state index contributed by atoms with van der Waals surface area (Å²) in [4.78, 5) is 45.7. The standard InChI is InChI=1S/C16H18N6O9S2/c1-16(2)12(14(25)22(16)31-33(27,28)29)19-13(24)11(9-7-32-15(17)18-9)20-30-6-8-3-4-21(26)10(23)5-8/h3-5,7,12,26H,6H2,1-2H3,(H2,17,18)(H,19,24)(H,27,28,29)/b20-11-/t12-/m1/s1. The van der Waals surface area contributed by atoms with Gasteiger partial charge in [0.05, 0.1) is 5.54 Å². The Labute approximate surface area is 189 Å². The molecule has 1 fully saturated rings. The van der Waals surface area contributed by atoms with E-state index >= 15 is 0 Å². The first-order valence-electron chi connectivity index (χ1n) is 8.93. The second kappa shape index (κ2) is 8.77. The van der Waals surface area contributed by atoms with Gasteiger partial charge in [-0.3, -0.25) is 18.9 Å². The zero-order valence-electron chi connectivity index (χ0n) is 17.0. The van der Waals surface area contributed by atoms with E-state index in [1.165, 1.54) is 25.3 Å². The molecule has 2 amide bonds. The summed E-state index contributed by atoms with van der Waals surface area (Å²) in [7, 11) is -4.95. The lowest BCUT2D eigenvalue weighted by atomic mass is 9.84. The molecule has 1 saturated heterocycles. The van der Waals surface area contributed by atoms with Crippen LogP contribution in [-0.4, -0.2) is 62.1 Å². The average molecular weight is 502 g/mol. The molecule has 15 nitrogen and oxygen atoms in total. The van der Waals surface area contributed by atoms with Crippen LogP contribution in [-0.2, 0) is 35.7 Å². The summed E-state index contributed by atoms with van der Waals surface area (Å²) in [5.74, 6) is -1.84. The number of thiazole rings is 1. The Morgan fingerprint density at radius 1 is 1.42 bits per heavy atom. The highest BCUT2D eigenvalue weighted by Gasteiger charge is 2.58. The van der Waals surface area contributed by atoms with Crippen LogP contribution in [0.1, 0.15) is 25.1 Å². The predicted molar refractivity (Wildman–Crippen MR) is 111 cm³/mol. The number of nitrogens with zero attached hydrogens (tertiary/aromatic N) is 4. The molecule has 5 N–H and O–H groups in total. The molecule has 178 valence electrons. The van der Waals surface area contributed by atoms with Gasteiger partial charge < -0.3 is 21.1 Å². The third-order valence-electron chi connectivity index (χ3n) is 4.45. The smallest absolute Gasteiger partial charge is 0.418 e. The highest BCUT2D eigenvalue weighted by atomic mass is 32.3. The molecule has 1 aliphatic heterocycles. The van der Waals surface area contributed by atoms with Gasteiger partial charge in [-0.25, -0.2) is 4.98 Å². The van der Waals surface area contributed by atoms with Gasteiger partial charge in [0.15, 0.2) is 10.8 Å². The van der Waals surface area contributed by atoms with E-state index in [9.17, 15) is 28.0 Å². The number of β-lactam (4-membered cyclic amide) rings is 1. The quantitative estimate of drug-likeness (QED) is 0.111. The van der Waals surface area contributed by atoms with Crippen LogP contribution in [0.2, 0.25) is 0 Å². The molecule has 0 aliphatic carbocycles. The van der Waals surface area contributed by atoms with Gasteiger partial charge in [-0.1, -0.05) is 5.16 Å². The van der Waals surface area contributed by atoms with Gasteiger partial charge in [0.1, 0.15) is 18.3 Å². The molecule has 0 unspecified atom stereocenters. The van der Waals surface area contributed by atoms with Crippen molar-refractivity contribution in [2.24, 2.45) is 5.16 Å². The van der Waals surface area contributed by atoms with Crippen molar-refractivity contribution in [2.45, 2.75) is 32.0 Å². The van der Waals surface area contributed by atoms with Crippen molar-refractivity contribution in [3.63, 3.8) is 0 Å². The Morgan fingerprint density at radius 3 is 2.67 bits per heavy atom. The molecule has 2 aromatic rings. The average Bonchev–Trinajstić information content (AvgIpc) is 3.15. The third kappa shape index (κ3) is 5.28. The van der Waals surface area contributed by atoms with Gasteiger partial charge in [0.2, 0.25) is 0 Å². The summed E-state index contributed by atoms with van der Waals surface area (Å²) in [5, 5.41) is 17.3. The monoisotopic (exact) mass is 502 g/mol. The zero-order valence-corrected chi connectivity index (χ0v) is 18.7. The number of nitrogens with two attached hydrogens (primary N) is 1. The van der Waals surface area contributed by atoms with Gasteiger partial charge in [0.25, 0.3) is 17.4 Å². The summed E-state index contributed by atoms with van der Waals surface area (Å²) < 4.78 is 35.3. The molecule has 1 atom stereocenters. The Balaban J connectivity index is 1.78. The molecular formula is C16H18N6O9S2. The number of hydroxylamine groups is 2. The maximum absolute atomic E-state index is 12.9. The van der Waals surface area contributed by atoms with Gasteiger partial charge in [-0.15, -0.1) is 15.6 Å². The third-order valence-corrected chi connectivity index (χ3v) is 5.46. The van der Waals surface area contributed by atoms with Crippen LogP contribution in [0.5, 0.6) is 0 Å². The maximum Gasteiger partial charge on any atom is 0.418 e. The second-order valence-electron chi connectivity index (χ2n) is 7.20. The lowest BCUT2D eigenvalue weighted by molar-refractivity contribution is -0.218. The van der Waals surface area contributed by atoms with Crippen LogP contribution in [0.4, 0.5) is 5.13 Å². The van der Waals surface area contributed by atoms with E-state index in [1.807, 2.05) is 0 Å². The fraction of sp³-hybridized carbons (Fsp3) is 0.312. The zero-order chi connectivity index (χ0) is 24.6. The van der Waals surface area contributed by atoms with Crippen molar-refractivity contribution in [3.05, 3.63) is 45.3 Å². The molecule has 0 spiro atoms. The number of nitrogen functional groups attached to an aromatic ring is 1. The maximum atomic E-state index is 12.9. The van der Waals surface area contributed by atoms with Crippen LogP contribution < -0.4 is 16.6 Å². The Hall–Kier alpha value is -3.54. The lowest BCUT2D eigenvalue weighted by Crippen LogP contribution is -2.76. The van der Waals surface area contributed by atoms with Crippen LogP contribution in [0.25, 0.3) is 0 Å². The van der Waals surface area contributed by atoms with E-state index in [2.05, 4.69) is 19.7 Å². The molecule has 0 saturated carbocycles. The second-order valence-corrected chi connectivity index (χ2v) is 9.09. The Bertz CT molecular complexity index is 1280. The minimum Gasteiger partial charge on any atom is -0.425 e. The topological polar surface area (TPSA) is 216 Å². The number of carbonyl (C=O) groups is 2. The summed E-state index contributed by atoms with van der Waals surface area (Å²) in [6.45, 7) is 2.54. The molecule has 1 aliphatic rings. The lowest BCUT2D eigenvalue weighted by Gasteiger charge is -2.50. The van der Waals surface area contributed by atoms with Crippen molar-refractivity contribution < 1.29 is 36.9 Å². The fourth-order valence-electron chi connectivity index (χ4n) is 2.79. The Kier molecular flexibility index (Phi) is 6.41. The number of pyridine rings is 1. The SMILES string of the molecule is CC1(C)[C@H](NC(=O)/C(=N\OCc2ccn(O)c(=O)c2)c2csc(N)n2)C(=O)N1OS(=O)(=O)O. The van der Waals surface area contributed by atoms with Crippen LogP contribution in [0, 0.1) is 0 Å². The number of nitrogens with one attached hydrogen (secondary N) is 1. The number of amides is 2. The number of hydrogen-bond donors (Lipinski definition) is 4. The molecule has 3 heterocycles. The van der Waals surface area contributed by atoms with Crippen molar-refractivity contribution in [2.75, 3.05) is 5.73 Å². The van der Waals surface area contributed by atoms with E-state index in [-0.39, 0.29) is 23.1 Å². The molecule has 0 radical (unpaired) electrons. The van der Waals surface area contributed by atoms with Crippen molar-refractivity contribution in [3.8, 4) is 0 Å². The van der Waals surface area contributed by atoms with Crippen molar-refractivity contribution in [1.82, 2.24) is 20.1 Å². The van der Waals surface area contributed by atoms with Crippen molar-refractivity contribution in [1.29, 1.82) is 0 Å². The summed E-state index contributed by atoms with van der Waals surface area (Å²) in [6.07, 6.45) is 1.10.